The maximum atomic E-state index is 12.5. The first kappa shape index (κ1) is 21.0. The van der Waals surface area contributed by atoms with E-state index in [1.54, 1.807) is 6.92 Å². The SMILES string of the molecule is CCS(=O)(=O)c1ccc(C(=O)Nc2nc(-c3ccc(-c4ccccc4)cc3)cs2)cc1. The van der Waals surface area contributed by atoms with Crippen LogP contribution >= 0.6 is 11.3 Å². The van der Waals surface area contributed by atoms with Gasteiger partial charge in [0.2, 0.25) is 0 Å². The van der Waals surface area contributed by atoms with Crippen LogP contribution < -0.4 is 5.32 Å². The van der Waals surface area contributed by atoms with E-state index >= 15 is 0 Å². The number of thiazole rings is 1. The van der Waals surface area contributed by atoms with Crippen molar-refractivity contribution in [3.63, 3.8) is 0 Å². The van der Waals surface area contributed by atoms with E-state index in [0.717, 1.165) is 22.4 Å². The molecule has 1 aromatic heterocycles. The lowest BCUT2D eigenvalue weighted by Crippen LogP contribution is -2.12. The van der Waals surface area contributed by atoms with Crippen molar-refractivity contribution in [2.45, 2.75) is 11.8 Å². The highest BCUT2D eigenvalue weighted by Crippen LogP contribution is 2.28. The molecule has 0 atom stereocenters. The van der Waals surface area contributed by atoms with Crippen molar-refractivity contribution in [3.05, 3.63) is 89.8 Å². The van der Waals surface area contributed by atoms with E-state index in [0.29, 0.717) is 10.7 Å². The second-order valence-electron chi connectivity index (χ2n) is 6.86. The van der Waals surface area contributed by atoms with Crippen LogP contribution in [0.3, 0.4) is 0 Å². The van der Waals surface area contributed by atoms with Gasteiger partial charge in [-0.15, -0.1) is 11.3 Å². The Balaban J connectivity index is 1.46. The Kier molecular flexibility index (Phi) is 5.97. The third-order valence-corrected chi connectivity index (χ3v) is 7.38. The zero-order chi connectivity index (χ0) is 21.8. The van der Waals surface area contributed by atoms with Gasteiger partial charge in [0, 0.05) is 16.5 Å². The number of benzene rings is 3. The molecule has 31 heavy (non-hydrogen) atoms. The highest BCUT2D eigenvalue weighted by Gasteiger charge is 2.14. The number of rotatable bonds is 6. The second-order valence-corrected chi connectivity index (χ2v) is 10.00. The molecule has 0 fully saturated rings. The standard InChI is InChI=1S/C24H20N2O3S2/c1-2-31(28,29)21-14-12-20(13-15-21)23(27)26-24-25-22(16-30-24)19-10-8-18(9-11-19)17-6-4-3-5-7-17/h3-16H,2H2,1H3,(H,25,26,27). The Morgan fingerprint density at radius 3 is 2.13 bits per heavy atom. The first-order valence-electron chi connectivity index (χ1n) is 9.72. The molecular weight excluding hydrogens is 428 g/mol. The van der Waals surface area contributed by atoms with Crippen molar-refractivity contribution < 1.29 is 13.2 Å². The minimum absolute atomic E-state index is 0.0206. The second kappa shape index (κ2) is 8.83. The fourth-order valence-electron chi connectivity index (χ4n) is 3.08. The fraction of sp³-hybridized carbons (Fsp3) is 0.0833. The van der Waals surface area contributed by atoms with Crippen LogP contribution in [0.25, 0.3) is 22.4 Å². The van der Waals surface area contributed by atoms with E-state index in [-0.39, 0.29) is 16.6 Å². The molecule has 0 aliphatic carbocycles. The highest BCUT2D eigenvalue weighted by molar-refractivity contribution is 7.91. The number of carbonyl (C=O) groups is 1. The molecule has 0 saturated heterocycles. The molecule has 0 spiro atoms. The largest absolute Gasteiger partial charge is 0.298 e. The van der Waals surface area contributed by atoms with Gasteiger partial charge in [-0.3, -0.25) is 10.1 Å². The number of sulfone groups is 1. The van der Waals surface area contributed by atoms with Crippen LogP contribution in [0.4, 0.5) is 5.13 Å². The number of hydrogen-bond donors (Lipinski definition) is 1. The summed E-state index contributed by atoms with van der Waals surface area (Å²) in [6, 6.07) is 24.2. The number of nitrogens with zero attached hydrogens (tertiary/aromatic N) is 1. The highest BCUT2D eigenvalue weighted by atomic mass is 32.2. The summed E-state index contributed by atoms with van der Waals surface area (Å²) in [7, 11) is -3.29. The number of carbonyl (C=O) groups excluding carboxylic acids is 1. The lowest BCUT2D eigenvalue weighted by molar-refractivity contribution is 0.102. The van der Waals surface area contributed by atoms with Gasteiger partial charge in [0.1, 0.15) is 0 Å². The predicted octanol–water partition coefficient (Wildman–Crippen LogP) is 5.52. The maximum Gasteiger partial charge on any atom is 0.257 e. The minimum Gasteiger partial charge on any atom is -0.298 e. The van der Waals surface area contributed by atoms with Crippen LogP contribution in [0.2, 0.25) is 0 Å². The summed E-state index contributed by atoms with van der Waals surface area (Å²) in [6.07, 6.45) is 0. The van der Waals surface area contributed by atoms with Crippen LogP contribution in [0.1, 0.15) is 17.3 Å². The Morgan fingerprint density at radius 1 is 0.871 bits per heavy atom. The topological polar surface area (TPSA) is 76.1 Å². The van der Waals surface area contributed by atoms with E-state index in [4.69, 9.17) is 0 Å². The van der Waals surface area contributed by atoms with Gasteiger partial charge in [-0.25, -0.2) is 13.4 Å². The van der Waals surface area contributed by atoms with Crippen LogP contribution in [0, 0.1) is 0 Å². The summed E-state index contributed by atoms with van der Waals surface area (Å²) >= 11 is 1.34. The minimum atomic E-state index is -3.29. The summed E-state index contributed by atoms with van der Waals surface area (Å²) in [5, 5.41) is 5.15. The molecule has 7 heteroatoms. The van der Waals surface area contributed by atoms with E-state index in [1.165, 1.54) is 35.6 Å². The zero-order valence-electron chi connectivity index (χ0n) is 16.8. The molecule has 1 amide bonds. The average molecular weight is 449 g/mol. The van der Waals surface area contributed by atoms with Crippen LogP contribution in [0.15, 0.2) is 89.1 Å². The summed E-state index contributed by atoms with van der Waals surface area (Å²) in [5.74, 6) is -0.312. The molecule has 3 aromatic carbocycles. The molecule has 0 radical (unpaired) electrons. The summed E-state index contributed by atoms with van der Waals surface area (Å²) < 4.78 is 23.8. The summed E-state index contributed by atoms with van der Waals surface area (Å²) in [6.45, 7) is 1.59. The molecule has 156 valence electrons. The van der Waals surface area contributed by atoms with E-state index in [1.807, 2.05) is 47.8 Å². The van der Waals surface area contributed by atoms with Crippen LogP contribution in [0.5, 0.6) is 0 Å². The number of anilines is 1. The third kappa shape index (κ3) is 4.73. The fourth-order valence-corrected chi connectivity index (χ4v) is 4.68. The van der Waals surface area contributed by atoms with Crippen molar-refractivity contribution in [1.29, 1.82) is 0 Å². The van der Waals surface area contributed by atoms with Crippen LogP contribution in [-0.2, 0) is 9.84 Å². The predicted molar refractivity (Wildman–Crippen MR) is 125 cm³/mol. The van der Waals surface area contributed by atoms with Crippen molar-refractivity contribution in [3.8, 4) is 22.4 Å². The molecule has 1 heterocycles. The van der Waals surface area contributed by atoms with Crippen LogP contribution in [-0.4, -0.2) is 25.1 Å². The van der Waals surface area contributed by atoms with Gasteiger partial charge >= 0.3 is 0 Å². The van der Waals surface area contributed by atoms with Gasteiger partial charge < -0.3 is 0 Å². The lowest BCUT2D eigenvalue weighted by Gasteiger charge is -2.04. The maximum absolute atomic E-state index is 12.5. The number of amides is 1. The monoisotopic (exact) mass is 448 g/mol. The van der Waals surface area contributed by atoms with Gasteiger partial charge in [-0.05, 0) is 35.4 Å². The van der Waals surface area contributed by atoms with E-state index in [9.17, 15) is 13.2 Å². The smallest absolute Gasteiger partial charge is 0.257 e. The van der Waals surface area contributed by atoms with Gasteiger partial charge in [0.15, 0.2) is 15.0 Å². The number of aromatic nitrogens is 1. The molecule has 0 unspecified atom stereocenters. The third-order valence-electron chi connectivity index (χ3n) is 4.87. The Hall–Kier alpha value is -3.29. The zero-order valence-corrected chi connectivity index (χ0v) is 18.4. The first-order chi connectivity index (χ1) is 15.0. The van der Waals surface area contributed by atoms with Gasteiger partial charge in [-0.2, -0.15) is 0 Å². The molecule has 1 N–H and O–H groups in total. The normalized spacial score (nSPS) is 11.3. The average Bonchev–Trinajstić information content (AvgIpc) is 3.28. The molecule has 5 nitrogen and oxygen atoms in total. The molecule has 4 rings (SSSR count). The Morgan fingerprint density at radius 2 is 1.48 bits per heavy atom. The van der Waals surface area contributed by atoms with E-state index < -0.39 is 9.84 Å². The van der Waals surface area contributed by atoms with Gasteiger partial charge in [-0.1, -0.05) is 61.5 Å². The Bertz CT molecular complexity index is 1300. The summed E-state index contributed by atoms with van der Waals surface area (Å²) in [4.78, 5) is 17.2. The molecule has 0 aliphatic rings. The van der Waals surface area contributed by atoms with Crippen molar-refractivity contribution in [2.75, 3.05) is 11.1 Å². The van der Waals surface area contributed by atoms with E-state index in [2.05, 4.69) is 22.4 Å². The Labute approximate surface area is 185 Å². The van der Waals surface area contributed by atoms with Crippen molar-refractivity contribution in [1.82, 2.24) is 4.98 Å². The first-order valence-corrected chi connectivity index (χ1v) is 12.2. The molecule has 4 aromatic rings. The molecule has 0 bridgehead atoms. The summed E-state index contributed by atoms with van der Waals surface area (Å²) in [5.41, 5.74) is 4.40. The number of hydrogen-bond acceptors (Lipinski definition) is 5. The molecule has 0 aliphatic heterocycles. The lowest BCUT2D eigenvalue weighted by atomic mass is 10.0. The van der Waals surface area contributed by atoms with Crippen molar-refractivity contribution in [2.24, 2.45) is 0 Å². The molecular formula is C24H20N2O3S2. The van der Waals surface area contributed by atoms with Gasteiger partial charge in [0.05, 0.1) is 16.3 Å². The quantitative estimate of drug-likeness (QED) is 0.421. The van der Waals surface area contributed by atoms with Gasteiger partial charge in [0.25, 0.3) is 5.91 Å². The number of nitrogens with one attached hydrogen (secondary N) is 1. The van der Waals surface area contributed by atoms with Crippen molar-refractivity contribution >= 4 is 32.2 Å². The molecule has 0 saturated carbocycles.